The highest BCUT2D eigenvalue weighted by Crippen LogP contribution is 2.82. The summed E-state index contributed by atoms with van der Waals surface area (Å²) in [6.45, 7) is 9.80. The zero-order valence-electron chi connectivity index (χ0n) is 21.7. The molecule has 0 unspecified atom stereocenters. The van der Waals surface area contributed by atoms with Crippen LogP contribution in [0.5, 0.6) is 0 Å². The van der Waals surface area contributed by atoms with Crippen molar-refractivity contribution >= 4 is 0 Å². The third-order valence-corrected chi connectivity index (χ3v) is 12.5. The van der Waals surface area contributed by atoms with Crippen LogP contribution in [-0.2, 0) is 4.74 Å². The fourth-order valence-electron chi connectivity index (χ4n) is 10.5. The van der Waals surface area contributed by atoms with Gasteiger partial charge in [-0.15, -0.1) is 0 Å². The maximum absolute atomic E-state index is 11.7. The van der Waals surface area contributed by atoms with E-state index in [2.05, 4.69) is 13.8 Å². The summed E-state index contributed by atoms with van der Waals surface area (Å²) in [5, 5.41) is 43.3. The summed E-state index contributed by atoms with van der Waals surface area (Å²) >= 11 is 0. The lowest BCUT2D eigenvalue weighted by atomic mass is 9.45. The smallest absolute Gasteiger partial charge is 0.0911 e. The second-order valence-corrected chi connectivity index (χ2v) is 14.1. The molecule has 0 aromatic heterocycles. The lowest BCUT2D eigenvalue weighted by Gasteiger charge is -2.61. The van der Waals surface area contributed by atoms with Gasteiger partial charge in [-0.05, 0) is 113 Å². The molecule has 190 valence electrons. The third kappa shape index (κ3) is 3.14. The first-order chi connectivity index (χ1) is 15.2. The molecule has 5 rings (SSSR count). The van der Waals surface area contributed by atoms with Crippen LogP contribution in [0.25, 0.3) is 0 Å². The molecule has 0 bridgehead atoms. The van der Waals surface area contributed by atoms with E-state index in [1.807, 2.05) is 7.11 Å². The number of aliphatic hydroxyl groups excluding tert-OH is 2. The maximum atomic E-state index is 11.7. The molecule has 0 heterocycles. The molecule has 0 saturated heterocycles. The van der Waals surface area contributed by atoms with Gasteiger partial charge in [0.2, 0.25) is 0 Å². The predicted molar refractivity (Wildman–Crippen MR) is 127 cm³/mol. The van der Waals surface area contributed by atoms with Crippen LogP contribution in [0.4, 0.5) is 0 Å². The largest absolute Gasteiger partial charge is 0.390 e. The van der Waals surface area contributed by atoms with Gasteiger partial charge in [0.1, 0.15) is 0 Å². The van der Waals surface area contributed by atoms with Crippen LogP contribution in [0.2, 0.25) is 0 Å². The SMILES string of the molecule is CO[C@@H]1C[C@H]2[C@@H]3CC[C@H]([C@@](C)(O)[C@H](O)C[C@@H](O)C(C)(C)O)[C@@]3(C)CC[C@@H]2[C@@]2(C)CC[C@@H]3C[C@]312. The van der Waals surface area contributed by atoms with E-state index in [-0.39, 0.29) is 17.8 Å². The van der Waals surface area contributed by atoms with E-state index in [0.29, 0.717) is 28.8 Å². The van der Waals surface area contributed by atoms with E-state index in [1.54, 1.807) is 20.8 Å². The van der Waals surface area contributed by atoms with Crippen molar-refractivity contribution in [1.29, 1.82) is 0 Å². The van der Waals surface area contributed by atoms with Crippen LogP contribution in [-0.4, -0.2) is 57.0 Å². The fraction of sp³-hybridized carbons (Fsp3) is 1.00. The van der Waals surface area contributed by atoms with Crippen LogP contribution in [0, 0.1) is 45.8 Å². The minimum Gasteiger partial charge on any atom is -0.390 e. The standard InChI is InChI=1S/C28H48O5/c1-24(2,31)21(29)14-22(30)27(5,32)20-8-7-18-17-13-23(33-6)28-15-16(28)9-12-26(28,4)19(17)10-11-25(18,20)3/h16-23,29-32H,7-15H2,1-6H3/t16-,17+,18+,19+,20+,21-,22-,23-,25+,26-,27-,28+/m1/s1. The highest BCUT2D eigenvalue weighted by Gasteiger charge is 2.77. The minimum absolute atomic E-state index is 0.0121. The lowest BCUT2D eigenvalue weighted by Crippen LogP contribution is -2.59. The molecule has 0 amide bonds. The first-order valence-electron chi connectivity index (χ1n) is 13.6. The first-order valence-corrected chi connectivity index (χ1v) is 13.6. The Morgan fingerprint density at radius 1 is 0.939 bits per heavy atom. The molecule has 0 aliphatic heterocycles. The van der Waals surface area contributed by atoms with Crippen molar-refractivity contribution in [3.8, 4) is 0 Å². The van der Waals surface area contributed by atoms with Gasteiger partial charge in [-0.25, -0.2) is 0 Å². The van der Waals surface area contributed by atoms with Gasteiger partial charge >= 0.3 is 0 Å². The molecule has 5 saturated carbocycles. The maximum Gasteiger partial charge on any atom is 0.0911 e. The molecule has 5 heteroatoms. The molecule has 5 aliphatic rings. The summed E-state index contributed by atoms with van der Waals surface area (Å²) in [7, 11) is 1.92. The molecule has 1 spiro atoms. The van der Waals surface area contributed by atoms with Crippen molar-refractivity contribution < 1.29 is 25.2 Å². The second-order valence-electron chi connectivity index (χ2n) is 14.1. The second kappa shape index (κ2) is 7.41. The molecule has 0 aromatic carbocycles. The monoisotopic (exact) mass is 464 g/mol. The zero-order chi connectivity index (χ0) is 24.2. The number of aliphatic hydroxyl groups is 4. The summed E-state index contributed by atoms with van der Waals surface area (Å²) < 4.78 is 6.21. The molecule has 4 N–H and O–H groups in total. The highest BCUT2D eigenvalue weighted by atomic mass is 16.5. The molecule has 0 aromatic rings. The van der Waals surface area contributed by atoms with Gasteiger partial charge in [0.15, 0.2) is 0 Å². The topological polar surface area (TPSA) is 90.2 Å². The molecular weight excluding hydrogens is 416 g/mol. The average molecular weight is 465 g/mol. The van der Waals surface area contributed by atoms with Crippen LogP contribution in [0.3, 0.4) is 0 Å². The van der Waals surface area contributed by atoms with Gasteiger partial charge in [-0.2, -0.15) is 0 Å². The molecule has 12 atom stereocenters. The summed E-state index contributed by atoms with van der Waals surface area (Å²) in [4.78, 5) is 0. The number of ether oxygens (including phenoxy) is 1. The minimum atomic E-state index is -1.30. The Morgan fingerprint density at radius 3 is 2.24 bits per heavy atom. The van der Waals surface area contributed by atoms with Gasteiger partial charge in [0.05, 0.1) is 29.5 Å². The summed E-state index contributed by atoms with van der Waals surface area (Å²) in [6.07, 6.45) is 7.76. The van der Waals surface area contributed by atoms with Crippen molar-refractivity contribution in [2.75, 3.05) is 7.11 Å². The molecule has 5 aliphatic carbocycles. The van der Waals surface area contributed by atoms with E-state index in [0.717, 1.165) is 37.5 Å². The van der Waals surface area contributed by atoms with E-state index in [1.165, 1.54) is 25.7 Å². The van der Waals surface area contributed by atoms with Crippen LogP contribution < -0.4 is 0 Å². The van der Waals surface area contributed by atoms with Crippen molar-refractivity contribution in [1.82, 2.24) is 0 Å². The van der Waals surface area contributed by atoms with Crippen molar-refractivity contribution in [2.45, 2.75) is 122 Å². The molecule has 33 heavy (non-hydrogen) atoms. The van der Waals surface area contributed by atoms with E-state index < -0.39 is 23.4 Å². The quantitative estimate of drug-likeness (QED) is 0.479. The molecule has 0 radical (unpaired) electrons. The number of hydrogen-bond donors (Lipinski definition) is 4. The zero-order valence-corrected chi connectivity index (χ0v) is 21.7. The number of rotatable bonds is 6. The van der Waals surface area contributed by atoms with Crippen molar-refractivity contribution in [3.05, 3.63) is 0 Å². The van der Waals surface area contributed by atoms with Gasteiger partial charge in [0.25, 0.3) is 0 Å². The summed E-state index contributed by atoms with van der Waals surface area (Å²) in [5.74, 6) is 2.78. The Kier molecular flexibility index (Phi) is 5.50. The Bertz CT molecular complexity index is 775. The lowest BCUT2D eigenvalue weighted by molar-refractivity contribution is -0.186. The molecule has 5 nitrogen and oxygen atoms in total. The highest BCUT2D eigenvalue weighted by molar-refractivity contribution is 5.26. The number of hydrogen-bond acceptors (Lipinski definition) is 5. The van der Waals surface area contributed by atoms with E-state index in [4.69, 9.17) is 4.74 Å². The molecule has 5 fully saturated rings. The van der Waals surface area contributed by atoms with Gasteiger partial charge < -0.3 is 25.2 Å². The third-order valence-electron chi connectivity index (χ3n) is 12.5. The number of fused-ring (bicyclic) bond motifs is 4. The van der Waals surface area contributed by atoms with Gasteiger partial charge in [-0.1, -0.05) is 13.8 Å². The fourth-order valence-corrected chi connectivity index (χ4v) is 10.5. The van der Waals surface area contributed by atoms with E-state index >= 15 is 0 Å². The normalized spacial score (nSPS) is 52.2. The Balaban J connectivity index is 1.39. The van der Waals surface area contributed by atoms with E-state index in [9.17, 15) is 20.4 Å². The van der Waals surface area contributed by atoms with Crippen LogP contribution in [0.15, 0.2) is 0 Å². The van der Waals surface area contributed by atoms with Gasteiger partial charge in [-0.3, -0.25) is 0 Å². The Morgan fingerprint density at radius 2 is 1.64 bits per heavy atom. The van der Waals surface area contributed by atoms with Crippen molar-refractivity contribution in [3.63, 3.8) is 0 Å². The predicted octanol–water partition coefficient (Wildman–Crippen LogP) is 3.90. The number of methoxy groups -OCH3 is 1. The summed E-state index contributed by atoms with van der Waals surface area (Å²) in [6, 6.07) is 0. The Hall–Kier alpha value is -0.200. The first kappa shape index (κ1) is 24.5. The van der Waals surface area contributed by atoms with Crippen LogP contribution in [0.1, 0.15) is 92.4 Å². The summed E-state index contributed by atoms with van der Waals surface area (Å²) in [5.41, 5.74) is -1.81. The Labute approximate surface area is 200 Å². The van der Waals surface area contributed by atoms with Crippen LogP contribution >= 0.6 is 0 Å². The van der Waals surface area contributed by atoms with Crippen molar-refractivity contribution in [2.24, 2.45) is 45.8 Å². The van der Waals surface area contributed by atoms with Gasteiger partial charge in [0, 0.05) is 18.9 Å². The molecular formula is C28H48O5. The average Bonchev–Trinajstić information content (AvgIpc) is 3.22.